The summed E-state index contributed by atoms with van der Waals surface area (Å²) >= 11 is 11.7. The first kappa shape index (κ1) is 47.5. The molecule has 0 bridgehead atoms. The molecule has 1 amide bonds. The fraction of sp³-hybridized carbons (Fsp3) is 0.345. The molecule has 0 radical (unpaired) electrons. The fourth-order valence-electron chi connectivity index (χ4n) is 4.01. The molecule has 0 saturated heterocycles. The number of carboxylic acids is 1. The molecule has 4 aromatic rings. The maximum Gasteiger partial charge on any atom is 0.445 e. The summed E-state index contributed by atoms with van der Waals surface area (Å²) in [6, 6.07) is 5.26. The summed E-state index contributed by atoms with van der Waals surface area (Å²) in [6.07, 6.45) is -8.39. The van der Waals surface area contributed by atoms with Crippen LogP contribution in [0.25, 0.3) is 5.69 Å². The average molecular weight is 886 g/mol. The summed E-state index contributed by atoms with van der Waals surface area (Å²) in [5, 5.41) is 26.5. The number of halogens is 9. The lowest BCUT2D eigenvalue weighted by atomic mass is 10.2. The van der Waals surface area contributed by atoms with E-state index in [0.29, 0.717) is 17.8 Å². The minimum Gasteiger partial charge on any atom is -0.480 e. The first-order valence-electron chi connectivity index (χ1n) is 15.1. The van der Waals surface area contributed by atoms with E-state index in [1.807, 2.05) is 0 Å². The molecule has 0 aliphatic heterocycles. The number of nitro groups is 1. The van der Waals surface area contributed by atoms with E-state index in [1.165, 1.54) is 35.8 Å². The van der Waals surface area contributed by atoms with Gasteiger partial charge in [-0.25, -0.2) is 9.07 Å². The Balaban J connectivity index is 0.000000310. The van der Waals surface area contributed by atoms with Gasteiger partial charge in [0.2, 0.25) is 10.8 Å². The van der Waals surface area contributed by atoms with Gasteiger partial charge in [-0.1, -0.05) is 39.6 Å². The largest absolute Gasteiger partial charge is 0.480 e. The van der Waals surface area contributed by atoms with Gasteiger partial charge in [0.15, 0.2) is 14.0 Å². The quantitative estimate of drug-likeness (QED) is 0.0520. The predicted octanol–water partition coefficient (Wildman–Crippen LogP) is 6.89. The normalized spacial score (nSPS) is 13.1. The Morgan fingerprint density at radius 2 is 1.64 bits per heavy atom. The van der Waals surface area contributed by atoms with Crippen LogP contribution in [-0.2, 0) is 26.5 Å². The van der Waals surface area contributed by atoms with Gasteiger partial charge in [0.1, 0.15) is 23.7 Å². The highest BCUT2D eigenvalue weighted by Crippen LogP contribution is 2.39. The summed E-state index contributed by atoms with van der Waals surface area (Å²) in [6.45, 7) is 4.16. The summed E-state index contributed by atoms with van der Waals surface area (Å²) in [5.41, 5.74) is 9.33. The van der Waals surface area contributed by atoms with Crippen molar-refractivity contribution in [2.24, 2.45) is 5.73 Å². The van der Waals surface area contributed by atoms with Gasteiger partial charge in [0.25, 0.3) is 11.1 Å². The predicted molar refractivity (Wildman–Crippen MR) is 190 cm³/mol. The Hall–Kier alpha value is -4.61. The van der Waals surface area contributed by atoms with Crippen molar-refractivity contribution in [3.8, 4) is 10.9 Å². The molecular weight excluding hydrogens is 855 g/mol. The van der Waals surface area contributed by atoms with E-state index < -0.39 is 77.1 Å². The molecule has 6 N–H and O–H groups in total. The highest BCUT2D eigenvalue weighted by molar-refractivity contribution is 7.57. The number of nitrogens with zero attached hydrogens (tertiary/aromatic N) is 6. The number of aliphatic carboxylic acids is 1. The summed E-state index contributed by atoms with van der Waals surface area (Å²) in [4.78, 5) is 42.4. The van der Waals surface area contributed by atoms with Gasteiger partial charge in [-0.2, -0.15) is 31.4 Å². The number of carbonyl (C=O) groups excluding carboxylic acids is 1. The van der Waals surface area contributed by atoms with E-state index in [4.69, 9.17) is 49.4 Å². The van der Waals surface area contributed by atoms with Gasteiger partial charge < -0.3 is 31.1 Å². The Morgan fingerprint density at radius 1 is 1.09 bits per heavy atom. The summed E-state index contributed by atoms with van der Waals surface area (Å²) in [5.74, 6) is -2.48. The van der Waals surface area contributed by atoms with E-state index in [-0.39, 0.29) is 50.9 Å². The molecular formula is C29H30Cl2F7N8O8PS. The van der Waals surface area contributed by atoms with Gasteiger partial charge in [-0.05, 0) is 56.7 Å². The van der Waals surface area contributed by atoms with Crippen LogP contribution < -0.4 is 21.1 Å². The van der Waals surface area contributed by atoms with Crippen LogP contribution in [0.4, 0.5) is 47.9 Å². The van der Waals surface area contributed by atoms with E-state index in [2.05, 4.69) is 15.3 Å². The molecule has 0 saturated carbocycles. The molecule has 2 unspecified atom stereocenters. The Morgan fingerprint density at radius 3 is 2.05 bits per heavy atom. The van der Waals surface area contributed by atoms with Crippen molar-refractivity contribution >= 4 is 71.0 Å². The lowest BCUT2D eigenvalue weighted by molar-refractivity contribution is -0.383. The van der Waals surface area contributed by atoms with E-state index in [1.54, 1.807) is 13.8 Å². The van der Waals surface area contributed by atoms with Crippen molar-refractivity contribution in [2.45, 2.75) is 44.7 Å². The topological polar surface area (TPSA) is 243 Å². The molecule has 0 fully saturated rings. The molecule has 16 nitrogen and oxygen atoms in total. The number of aromatic nitrogens is 4. The number of ether oxygens (including phenoxy) is 1. The second-order valence-electron chi connectivity index (χ2n) is 11.4. The monoisotopic (exact) mass is 884 g/mol. The molecule has 2 heterocycles. The SMILES string of the molecule is CC(C)N(C(=O)COc1nnc(C(F)(F)F)s1)c1ccc(F)cc1.CP(=O)(O)CCC(N)C(=O)O.Nc1c([N+](=O)[O-])cnn1-c1c(Cl)cc(C(F)(F)F)cc1Cl. The molecule has 2 aromatic carbocycles. The van der Waals surface area contributed by atoms with Crippen molar-refractivity contribution in [2.75, 3.05) is 30.1 Å². The summed E-state index contributed by atoms with van der Waals surface area (Å²) < 4.78 is 105. The molecule has 0 aliphatic carbocycles. The van der Waals surface area contributed by atoms with Crippen LogP contribution in [-0.4, -0.2) is 78.3 Å². The van der Waals surface area contributed by atoms with Crippen LogP contribution in [0.3, 0.4) is 0 Å². The number of nitrogens with two attached hydrogens (primary N) is 2. The maximum absolute atomic E-state index is 13.0. The Labute approximate surface area is 325 Å². The van der Waals surface area contributed by atoms with Crippen LogP contribution in [0, 0.1) is 15.9 Å². The van der Waals surface area contributed by atoms with Crippen molar-refractivity contribution in [3.05, 3.63) is 79.1 Å². The maximum atomic E-state index is 13.0. The summed E-state index contributed by atoms with van der Waals surface area (Å²) in [7, 11) is -3.10. The third-order valence-electron chi connectivity index (χ3n) is 6.57. The van der Waals surface area contributed by atoms with Gasteiger partial charge >= 0.3 is 24.0 Å². The van der Waals surface area contributed by atoms with Crippen LogP contribution in [0.1, 0.15) is 30.8 Å². The molecule has 27 heteroatoms. The zero-order valence-electron chi connectivity index (χ0n) is 28.8. The second-order valence-corrected chi connectivity index (χ2v) is 15.7. The number of anilines is 2. The molecule has 56 heavy (non-hydrogen) atoms. The van der Waals surface area contributed by atoms with Gasteiger partial charge in [0, 0.05) is 24.6 Å². The number of carboxylic acid groups (broad SMARTS) is 1. The smallest absolute Gasteiger partial charge is 0.445 e. The second kappa shape index (κ2) is 19.5. The lowest BCUT2D eigenvalue weighted by Crippen LogP contribution is -2.40. The van der Waals surface area contributed by atoms with Crippen molar-refractivity contribution in [1.29, 1.82) is 0 Å². The van der Waals surface area contributed by atoms with Crippen LogP contribution >= 0.6 is 41.9 Å². The number of amides is 1. The highest BCUT2D eigenvalue weighted by atomic mass is 35.5. The molecule has 2 aromatic heterocycles. The third kappa shape index (κ3) is 14.2. The minimum atomic E-state index is -4.63. The van der Waals surface area contributed by atoms with Crippen molar-refractivity contribution in [3.63, 3.8) is 0 Å². The Bertz CT molecular complexity index is 2020. The standard InChI is InChI=1S/C14H13F4N3O2S.C10H5Cl2F3N4O2.C5H12NO4P/c1-8(2)21(10-5-3-9(15)4-6-10)11(22)7-23-13-20-19-12(24-13)14(16,17)18;11-5-1-4(10(13,14)15)2-6(12)8(5)18-9(16)7(3-17-18)19(20)21;1-11(9,10)3-2-4(6)5(7)8/h3-6,8H,7H2,1-2H3;1-3H,16H2;4H,2-3,6H2,1H3,(H,7,8)(H,9,10). The molecule has 2 atom stereocenters. The van der Waals surface area contributed by atoms with Crippen molar-refractivity contribution in [1.82, 2.24) is 20.0 Å². The molecule has 0 aliphatic rings. The fourth-order valence-corrected chi connectivity index (χ4v) is 5.98. The number of alkyl halides is 6. The number of benzene rings is 2. The van der Waals surface area contributed by atoms with E-state index in [0.717, 1.165) is 10.9 Å². The molecule has 308 valence electrons. The third-order valence-corrected chi connectivity index (χ3v) is 9.11. The van der Waals surface area contributed by atoms with Crippen LogP contribution in [0.15, 0.2) is 42.6 Å². The first-order valence-corrected chi connectivity index (χ1v) is 18.9. The number of hydrogen-bond acceptors (Lipinski definition) is 12. The minimum absolute atomic E-state index is 0.0412. The zero-order valence-corrected chi connectivity index (χ0v) is 32.0. The van der Waals surface area contributed by atoms with E-state index >= 15 is 0 Å². The van der Waals surface area contributed by atoms with Crippen LogP contribution in [0.2, 0.25) is 10.0 Å². The van der Waals surface area contributed by atoms with Crippen LogP contribution in [0.5, 0.6) is 5.19 Å². The van der Waals surface area contributed by atoms with Gasteiger partial charge in [-0.3, -0.25) is 24.3 Å². The average Bonchev–Trinajstić information content (AvgIpc) is 3.70. The number of hydrogen-bond donors (Lipinski definition) is 4. The molecule has 4 rings (SSSR count). The first-order chi connectivity index (χ1) is 25.6. The molecule has 0 spiro atoms. The van der Waals surface area contributed by atoms with Gasteiger partial charge in [0.05, 0.1) is 20.5 Å². The highest BCUT2D eigenvalue weighted by Gasteiger charge is 2.36. The zero-order chi connectivity index (χ0) is 42.9. The number of rotatable bonds is 11. The van der Waals surface area contributed by atoms with Gasteiger partial charge in [-0.15, -0.1) is 5.10 Å². The number of carbonyl (C=O) groups is 2. The number of nitrogen functional groups attached to an aromatic ring is 1. The van der Waals surface area contributed by atoms with E-state index in [9.17, 15) is 55.0 Å². The lowest BCUT2D eigenvalue weighted by Gasteiger charge is -2.26. The Kier molecular flexibility index (Phi) is 16.6. The van der Waals surface area contributed by atoms with Crippen molar-refractivity contribution < 1.29 is 64.5 Å².